The van der Waals surface area contributed by atoms with E-state index >= 15 is 0 Å². The number of halogens is 3. The maximum Gasteiger partial charge on any atom is 0.416 e. The molecule has 5 rings (SSSR count). The molecule has 0 bridgehead atoms. The fourth-order valence-corrected chi connectivity index (χ4v) is 4.28. The zero-order valence-corrected chi connectivity index (χ0v) is 17.8. The van der Waals surface area contributed by atoms with Gasteiger partial charge >= 0.3 is 6.18 Å². The molecule has 3 heterocycles. The van der Waals surface area contributed by atoms with Crippen LogP contribution in [-0.2, 0) is 6.18 Å². The van der Waals surface area contributed by atoms with Crippen molar-refractivity contribution in [3.63, 3.8) is 0 Å². The van der Waals surface area contributed by atoms with E-state index in [1.807, 2.05) is 12.1 Å². The number of benzene rings is 1. The highest BCUT2D eigenvalue weighted by Gasteiger charge is 2.37. The quantitative estimate of drug-likeness (QED) is 0.534. The van der Waals surface area contributed by atoms with Crippen molar-refractivity contribution in [2.75, 3.05) is 35.6 Å². The average Bonchev–Trinajstić information content (AvgIpc) is 3.64. The van der Waals surface area contributed by atoms with Gasteiger partial charge in [0.2, 0.25) is 5.95 Å². The fraction of sp³-hybridized carbons (Fsp3) is 0.348. The maximum atomic E-state index is 13.1. The van der Waals surface area contributed by atoms with E-state index in [9.17, 15) is 13.2 Å². The lowest BCUT2D eigenvalue weighted by atomic mass is 10.1. The van der Waals surface area contributed by atoms with Gasteiger partial charge in [0.05, 0.1) is 16.8 Å². The van der Waals surface area contributed by atoms with Crippen molar-refractivity contribution in [3.05, 3.63) is 54.4 Å². The second-order valence-corrected chi connectivity index (χ2v) is 8.40. The minimum absolute atomic E-state index is 0.0142. The SMILES string of the molecule is Nc1ncc(-c2cc(N3CCNCC3C3CC3)ccn2)c(Nc2cccc(C(F)(F)F)c2)n1. The summed E-state index contributed by atoms with van der Waals surface area (Å²) in [6.45, 7) is 2.77. The summed E-state index contributed by atoms with van der Waals surface area (Å²) < 4.78 is 39.4. The van der Waals surface area contributed by atoms with Gasteiger partial charge in [-0.1, -0.05) is 6.07 Å². The summed E-state index contributed by atoms with van der Waals surface area (Å²) in [7, 11) is 0. The Kier molecular flexibility index (Phi) is 5.53. The number of alkyl halides is 3. The molecule has 1 aliphatic heterocycles. The molecule has 10 heteroatoms. The van der Waals surface area contributed by atoms with Gasteiger partial charge < -0.3 is 21.3 Å². The van der Waals surface area contributed by atoms with Crippen molar-refractivity contribution < 1.29 is 13.2 Å². The molecule has 1 unspecified atom stereocenters. The Bertz CT molecular complexity index is 1150. The molecular formula is C23H24F3N7. The first kappa shape index (κ1) is 21.4. The highest BCUT2D eigenvalue weighted by molar-refractivity contribution is 5.78. The first-order chi connectivity index (χ1) is 15.9. The van der Waals surface area contributed by atoms with Gasteiger partial charge in [-0.2, -0.15) is 18.2 Å². The summed E-state index contributed by atoms with van der Waals surface area (Å²) in [5.41, 5.74) is 7.52. The van der Waals surface area contributed by atoms with Crippen LogP contribution in [0.1, 0.15) is 18.4 Å². The van der Waals surface area contributed by atoms with Crippen LogP contribution in [0.25, 0.3) is 11.3 Å². The largest absolute Gasteiger partial charge is 0.416 e. The smallest absolute Gasteiger partial charge is 0.368 e. The average molecular weight is 455 g/mol. The molecule has 0 amide bonds. The van der Waals surface area contributed by atoms with Crippen molar-refractivity contribution in [1.82, 2.24) is 20.3 Å². The van der Waals surface area contributed by atoms with E-state index in [0.29, 0.717) is 29.0 Å². The number of piperazine rings is 1. The number of hydrogen-bond donors (Lipinski definition) is 3. The Morgan fingerprint density at radius 3 is 2.76 bits per heavy atom. The maximum absolute atomic E-state index is 13.1. The Labute approximate surface area is 189 Å². The Hall–Kier alpha value is -3.40. The van der Waals surface area contributed by atoms with Crippen molar-refractivity contribution >= 4 is 23.1 Å². The predicted octanol–water partition coefficient (Wildman–Crippen LogP) is 4.07. The van der Waals surface area contributed by atoms with Crippen LogP contribution >= 0.6 is 0 Å². The third-order valence-electron chi connectivity index (χ3n) is 6.06. The molecule has 172 valence electrons. The van der Waals surface area contributed by atoms with Crippen molar-refractivity contribution in [2.24, 2.45) is 5.92 Å². The van der Waals surface area contributed by atoms with Crippen molar-refractivity contribution in [3.8, 4) is 11.3 Å². The predicted molar refractivity (Wildman–Crippen MR) is 121 cm³/mol. The van der Waals surface area contributed by atoms with Crippen LogP contribution in [0.3, 0.4) is 0 Å². The minimum atomic E-state index is -4.44. The van der Waals surface area contributed by atoms with Crippen molar-refractivity contribution in [1.29, 1.82) is 0 Å². The first-order valence-corrected chi connectivity index (χ1v) is 10.9. The summed E-state index contributed by atoms with van der Waals surface area (Å²) >= 11 is 0. The molecule has 1 saturated carbocycles. The highest BCUT2D eigenvalue weighted by atomic mass is 19.4. The van der Waals surface area contributed by atoms with E-state index in [0.717, 1.165) is 37.5 Å². The fourth-order valence-electron chi connectivity index (χ4n) is 4.28. The van der Waals surface area contributed by atoms with Gasteiger partial charge in [-0.15, -0.1) is 0 Å². The lowest BCUT2D eigenvalue weighted by Crippen LogP contribution is -2.52. The van der Waals surface area contributed by atoms with Gasteiger partial charge in [-0.25, -0.2) is 4.98 Å². The summed E-state index contributed by atoms with van der Waals surface area (Å²) in [5.74, 6) is 1.01. The lowest BCUT2D eigenvalue weighted by Gasteiger charge is -2.38. The molecule has 7 nitrogen and oxygen atoms in total. The second-order valence-electron chi connectivity index (χ2n) is 8.40. The van der Waals surface area contributed by atoms with Crippen LogP contribution in [0.4, 0.5) is 36.3 Å². The minimum Gasteiger partial charge on any atom is -0.368 e. The Morgan fingerprint density at radius 1 is 1.12 bits per heavy atom. The molecule has 2 aromatic heterocycles. The first-order valence-electron chi connectivity index (χ1n) is 10.9. The summed E-state index contributed by atoms with van der Waals surface area (Å²) in [6, 6.07) is 9.36. The molecule has 2 fully saturated rings. The Morgan fingerprint density at radius 2 is 1.97 bits per heavy atom. The zero-order chi connectivity index (χ0) is 23.0. The molecular weight excluding hydrogens is 431 g/mol. The molecule has 1 aromatic carbocycles. The van der Waals surface area contributed by atoms with Crippen LogP contribution < -0.4 is 21.3 Å². The molecule has 1 saturated heterocycles. The molecule has 3 aromatic rings. The van der Waals surface area contributed by atoms with Gasteiger partial charge in [-0.3, -0.25) is 4.98 Å². The van der Waals surface area contributed by atoms with Crippen LogP contribution in [0.15, 0.2) is 48.8 Å². The number of nitrogen functional groups attached to an aromatic ring is 1. The number of nitrogens with one attached hydrogen (secondary N) is 2. The van der Waals surface area contributed by atoms with Crippen molar-refractivity contribution in [2.45, 2.75) is 25.1 Å². The zero-order valence-electron chi connectivity index (χ0n) is 17.8. The van der Waals surface area contributed by atoms with Gasteiger partial charge in [-0.05, 0) is 49.1 Å². The lowest BCUT2D eigenvalue weighted by molar-refractivity contribution is -0.137. The van der Waals surface area contributed by atoms with E-state index in [2.05, 4.69) is 30.5 Å². The topological polar surface area (TPSA) is 92.0 Å². The van der Waals surface area contributed by atoms with E-state index in [1.165, 1.54) is 18.9 Å². The monoisotopic (exact) mass is 455 g/mol. The molecule has 0 spiro atoms. The summed E-state index contributed by atoms with van der Waals surface area (Å²) in [4.78, 5) is 15.2. The number of aromatic nitrogens is 3. The number of rotatable bonds is 5. The summed E-state index contributed by atoms with van der Waals surface area (Å²) in [6.07, 6.45) is 1.33. The second kappa shape index (κ2) is 8.51. The number of hydrogen-bond acceptors (Lipinski definition) is 7. The van der Waals surface area contributed by atoms with E-state index < -0.39 is 11.7 Å². The van der Waals surface area contributed by atoms with Crippen LogP contribution in [0.5, 0.6) is 0 Å². The third kappa shape index (κ3) is 4.70. The van der Waals surface area contributed by atoms with Crippen LogP contribution in [0.2, 0.25) is 0 Å². The Balaban J connectivity index is 1.48. The standard InChI is InChI=1S/C23H24F3N7/c24-23(25,26)15-2-1-3-16(10-15)31-21-18(12-30-22(27)32-21)19-11-17(6-7-29-19)33-9-8-28-13-20(33)14-4-5-14/h1-3,6-7,10-12,14,20,28H,4-5,8-9,13H2,(H3,27,30,31,32). The normalized spacial score (nSPS) is 18.9. The molecule has 1 aliphatic carbocycles. The number of nitrogens with zero attached hydrogens (tertiary/aromatic N) is 4. The van der Waals surface area contributed by atoms with Crippen LogP contribution in [-0.4, -0.2) is 40.6 Å². The third-order valence-corrected chi connectivity index (χ3v) is 6.06. The van der Waals surface area contributed by atoms with Gasteiger partial charge in [0, 0.05) is 49.4 Å². The van der Waals surface area contributed by atoms with Gasteiger partial charge in [0.1, 0.15) is 5.82 Å². The molecule has 0 radical (unpaired) electrons. The molecule has 2 aliphatic rings. The number of nitrogens with two attached hydrogens (primary N) is 1. The number of pyridine rings is 1. The highest BCUT2D eigenvalue weighted by Crippen LogP contribution is 2.39. The molecule has 4 N–H and O–H groups in total. The van der Waals surface area contributed by atoms with Crippen LogP contribution in [0, 0.1) is 5.92 Å². The van der Waals surface area contributed by atoms with Gasteiger partial charge in [0.15, 0.2) is 0 Å². The van der Waals surface area contributed by atoms with E-state index in [4.69, 9.17) is 5.73 Å². The van der Waals surface area contributed by atoms with Gasteiger partial charge in [0.25, 0.3) is 0 Å². The summed E-state index contributed by atoms with van der Waals surface area (Å²) in [5, 5.41) is 6.44. The molecule has 1 atom stereocenters. The van der Waals surface area contributed by atoms with E-state index in [1.54, 1.807) is 18.5 Å². The number of anilines is 4. The van der Waals surface area contributed by atoms with E-state index in [-0.39, 0.29) is 11.6 Å². The molecule has 33 heavy (non-hydrogen) atoms.